The zero-order valence-electron chi connectivity index (χ0n) is 12.1. The minimum absolute atomic E-state index is 0.0548. The average molecular weight is 280 g/mol. The molecule has 0 fully saturated rings. The lowest BCUT2D eigenvalue weighted by Crippen LogP contribution is -2.10. The Balaban J connectivity index is 2.68. The number of hydrogen-bond donors (Lipinski definition) is 0. The highest BCUT2D eigenvalue weighted by Gasteiger charge is 2.15. The highest BCUT2D eigenvalue weighted by Crippen LogP contribution is 2.29. The van der Waals surface area contributed by atoms with Gasteiger partial charge in [-0.3, -0.25) is 9.59 Å². The minimum atomic E-state index is -0.354. The molecule has 0 N–H and O–H groups in total. The van der Waals surface area contributed by atoms with E-state index in [0.717, 1.165) is 0 Å². The summed E-state index contributed by atoms with van der Waals surface area (Å²) in [7, 11) is 3.09. The van der Waals surface area contributed by atoms with Gasteiger partial charge in [0, 0.05) is 18.4 Å². The summed E-state index contributed by atoms with van der Waals surface area (Å²) < 4.78 is 15.2. The van der Waals surface area contributed by atoms with Crippen LogP contribution in [0, 0.1) is 0 Å². The maximum Gasteiger partial charge on any atom is 0.306 e. The molecular formula is C15H20O5. The highest BCUT2D eigenvalue weighted by atomic mass is 16.5. The van der Waals surface area contributed by atoms with E-state index in [2.05, 4.69) is 0 Å². The molecule has 1 rings (SSSR count). The Labute approximate surface area is 118 Å². The summed E-state index contributed by atoms with van der Waals surface area (Å²) in [6.45, 7) is 2.06. The van der Waals surface area contributed by atoms with Crippen molar-refractivity contribution < 1.29 is 23.8 Å². The summed E-state index contributed by atoms with van der Waals surface area (Å²) in [5.74, 6) is 0.802. The van der Waals surface area contributed by atoms with Crippen LogP contribution in [0.2, 0.25) is 0 Å². The number of hydrogen-bond acceptors (Lipinski definition) is 5. The minimum Gasteiger partial charge on any atom is -0.496 e. The van der Waals surface area contributed by atoms with Gasteiger partial charge in [-0.1, -0.05) is 6.07 Å². The third-order valence-electron chi connectivity index (χ3n) is 2.82. The molecule has 1 aromatic carbocycles. The Hall–Kier alpha value is -2.04. The third-order valence-corrected chi connectivity index (χ3v) is 2.82. The Bertz CT molecular complexity index is 445. The lowest BCUT2D eigenvalue weighted by atomic mass is 10.0. The molecule has 0 aromatic heterocycles. The van der Waals surface area contributed by atoms with Crippen molar-refractivity contribution in [2.75, 3.05) is 20.8 Å². The van der Waals surface area contributed by atoms with Crippen molar-refractivity contribution in [2.24, 2.45) is 0 Å². The van der Waals surface area contributed by atoms with Gasteiger partial charge in [-0.05, 0) is 19.1 Å². The molecule has 1 aromatic rings. The number of ether oxygens (including phenoxy) is 3. The maximum absolute atomic E-state index is 11.9. The molecule has 0 amide bonds. The fraction of sp³-hybridized carbons (Fsp3) is 0.467. The van der Waals surface area contributed by atoms with Gasteiger partial charge in [-0.25, -0.2) is 0 Å². The molecule has 0 aliphatic carbocycles. The van der Waals surface area contributed by atoms with Crippen LogP contribution in [-0.4, -0.2) is 32.6 Å². The van der Waals surface area contributed by atoms with E-state index in [1.807, 2.05) is 0 Å². The topological polar surface area (TPSA) is 61.8 Å². The van der Waals surface area contributed by atoms with Crippen LogP contribution in [0.4, 0.5) is 0 Å². The quantitative estimate of drug-likeness (QED) is 0.683. The van der Waals surface area contributed by atoms with Crippen molar-refractivity contribution >= 4 is 11.8 Å². The van der Waals surface area contributed by atoms with Gasteiger partial charge >= 0.3 is 5.97 Å². The van der Waals surface area contributed by atoms with E-state index in [0.29, 0.717) is 23.7 Å². The van der Waals surface area contributed by atoms with Crippen molar-refractivity contribution in [2.45, 2.75) is 26.2 Å². The summed E-state index contributed by atoms with van der Waals surface area (Å²) in [6.07, 6.45) is 0.427. The second-order valence-electron chi connectivity index (χ2n) is 4.16. The predicted molar refractivity (Wildman–Crippen MR) is 74.1 cm³/mol. The first kappa shape index (κ1) is 16.0. The van der Waals surface area contributed by atoms with E-state index in [1.54, 1.807) is 39.3 Å². The molecule has 0 radical (unpaired) electrons. The summed E-state index contributed by atoms with van der Waals surface area (Å²) in [6, 6.07) is 5.34. The SMILES string of the molecule is CCOC(=O)CCC(=O)Cc1c(OC)cccc1OC. The molecule has 5 nitrogen and oxygen atoms in total. The van der Waals surface area contributed by atoms with Gasteiger partial charge in [0.2, 0.25) is 0 Å². The number of benzene rings is 1. The van der Waals surface area contributed by atoms with Crippen molar-refractivity contribution in [3.05, 3.63) is 23.8 Å². The first-order chi connectivity index (χ1) is 9.62. The molecule has 0 saturated carbocycles. The van der Waals surface area contributed by atoms with Gasteiger partial charge in [0.25, 0.3) is 0 Å². The van der Waals surface area contributed by atoms with E-state index >= 15 is 0 Å². The van der Waals surface area contributed by atoms with Crippen molar-refractivity contribution in [3.63, 3.8) is 0 Å². The highest BCUT2D eigenvalue weighted by molar-refractivity contribution is 5.85. The van der Waals surface area contributed by atoms with Crippen LogP contribution in [0.3, 0.4) is 0 Å². The van der Waals surface area contributed by atoms with Crippen LogP contribution in [0.1, 0.15) is 25.3 Å². The van der Waals surface area contributed by atoms with Crippen LogP contribution in [0.15, 0.2) is 18.2 Å². The number of carbonyl (C=O) groups excluding carboxylic acids is 2. The number of rotatable bonds is 8. The van der Waals surface area contributed by atoms with Gasteiger partial charge in [0.1, 0.15) is 17.3 Å². The number of ketones is 1. The van der Waals surface area contributed by atoms with E-state index in [1.165, 1.54) is 0 Å². The molecule has 0 heterocycles. The van der Waals surface area contributed by atoms with Gasteiger partial charge < -0.3 is 14.2 Å². The van der Waals surface area contributed by atoms with Crippen LogP contribution in [0.25, 0.3) is 0 Å². The Kier molecular flexibility index (Phi) is 6.56. The number of carbonyl (C=O) groups is 2. The number of methoxy groups -OCH3 is 2. The first-order valence-corrected chi connectivity index (χ1v) is 6.49. The first-order valence-electron chi connectivity index (χ1n) is 6.49. The standard InChI is InChI=1S/C15H20O5/c1-4-20-15(17)9-8-11(16)10-12-13(18-2)6-5-7-14(12)19-3/h5-7H,4,8-10H2,1-3H3. The predicted octanol–water partition coefficient (Wildman–Crippen LogP) is 2.16. The molecule has 0 spiro atoms. The summed E-state index contributed by atoms with van der Waals surface area (Å²) in [5.41, 5.74) is 0.700. The molecule has 5 heteroatoms. The Morgan fingerprint density at radius 2 is 1.65 bits per heavy atom. The Morgan fingerprint density at radius 3 is 2.15 bits per heavy atom. The van der Waals surface area contributed by atoms with Crippen molar-refractivity contribution in [3.8, 4) is 11.5 Å². The summed E-state index contributed by atoms with van der Waals surface area (Å²) in [5, 5.41) is 0. The number of esters is 1. The molecule has 110 valence electrons. The molecule has 0 aliphatic rings. The fourth-order valence-electron chi connectivity index (χ4n) is 1.86. The van der Waals surface area contributed by atoms with Gasteiger partial charge in [-0.15, -0.1) is 0 Å². The third kappa shape index (κ3) is 4.57. The van der Waals surface area contributed by atoms with Gasteiger partial charge in [0.05, 0.1) is 27.2 Å². The fourth-order valence-corrected chi connectivity index (χ4v) is 1.86. The molecule has 0 saturated heterocycles. The average Bonchev–Trinajstić information content (AvgIpc) is 2.45. The maximum atomic E-state index is 11.9. The monoisotopic (exact) mass is 280 g/mol. The normalized spacial score (nSPS) is 9.95. The van der Waals surface area contributed by atoms with Gasteiger partial charge in [-0.2, -0.15) is 0 Å². The molecule has 0 aliphatic heterocycles. The van der Waals surface area contributed by atoms with E-state index in [-0.39, 0.29) is 31.0 Å². The van der Waals surface area contributed by atoms with Crippen LogP contribution >= 0.6 is 0 Å². The summed E-state index contributed by atoms with van der Waals surface area (Å²) in [4.78, 5) is 23.2. The lowest BCUT2D eigenvalue weighted by molar-refractivity contribution is -0.144. The number of Topliss-reactive ketones (excluding diaryl/α,β-unsaturated/α-hetero) is 1. The van der Waals surface area contributed by atoms with Crippen LogP contribution in [-0.2, 0) is 20.7 Å². The van der Waals surface area contributed by atoms with Crippen LogP contribution < -0.4 is 9.47 Å². The zero-order valence-corrected chi connectivity index (χ0v) is 12.1. The second-order valence-corrected chi connectivity index (χ2v) is 4.16. The second kappa shape index (κ2) is 8.19. The molecule has 0 bridgehead atoms. The summed E-state index contributed by atoms with van der Waals surface area (Å²) >= 11 is 0. The van der Waals surface area contributed by atoms with E-state index in [9.17, 15) is 9.59 Å². The lowest BCUT2D eigenvalue weighted by Gasteiger charge is -2.12. The van der Waals surface area contributed by atoms with Crippen molar-refractivity contribution in [1.82, 2.24) is 0 Å². The van der Waals surface area contributed by atoms with E-state index in [4.69, 9.17) is 14.2 Å². The van der Waals surface area contributed by atoms with Gasteiger partial charge in [0.15, 0.2) is 0 Å². The van der Waals surface area contributed by atoms with Crippen LogP contribution in [0.5, 0.6) is 11.5 Å². The Morgan fingerprint density at radius 1 is 1.05 bits per heavy atom. The molecule has 0 unspecified atom stereocenters. The molecular weight excluding hydrogens is 260 g/mol. The molecule has 0 atom stereocenters. The molecule has 20 heavy (non-hydrogen) atoms. The zero-order chi connectivity index (χ0) is 15.0. The van der Waals surface area contributed by atoms with Crippen molar-refractivity contribution in [1.29, 1.82) is 0 Å². The van der Waals surface area contributed by atoms with E-state index < -0.39 is 0 Å². The largest absolute Gasteiger partial charge is 0.496 e. The smallest absolute Gasteiger partial charge is 0.306 e.